The van der Waals surface area contributed by atoms with Gasteiger partial charge < -0.3 is 20.5 Å². The summed E-state index contributed by atoms with van der Waals surface area (Å²) in [6.45, 7) is 1.97. The standard InChI is InChI=1S/C19H28N2O4S/c1-13-7-5-3-2-4-6-8-15-10-14(20-17(22)9-13)11-19(24,25-15)16-12-26-18(23)21-16/h2-3,9,14-16,24H,4-8,10-12H2,1H3,(H,20,22)(H,21,23)/b3-2-,13-9-/t14-,15?,16+,19-/m1/s1. The van der Waals surface area contributed by atoms with Crippen LogP contribution in [0.1, 0.15) is 51.9 Å². The maximum absolute atomic E-state index is 12.3. The molecule has 1 unspecified atom stereocenters. The van der Waals surface area contributed by atoms with Crippen LogP contribution >= 0.6 is 11.8 Å². The summed E-state index contributed by atoms with van der Waals surface area (Å²) >= 11 is 1.16. The third kappa shape index (κ3) is 5.11. The molecule has 0 aromatic heterocycles. The molecule has 2 bridgehead atoms. The number of hydrogen-bond donors (Lipinski definition) is 3. The van der Waals surface area contributed by atoms with Crippen LogP contribution in [0.15, 0.2) is 23.8 Å². The van der Waals surface area contributed by atoms with Gasteiger partial charge in [-0.2, -0.15) is 0 Å². The van der Waals surface area contributed by atoms with Crippen molar-refractivity contribution >= 4 is 22.9 Å². The number of rotatable bonds is 1. The van der Waals surface area contributed by atoms with Gasteiger partial charge in [0.25, 0.3) is 5.24 Å². The summed E-state index contributed by atoms with van der Waals surface area (Å²) in [5.74, 6) is -1.09. The lowest BCUT2D eigenvalue weighted by Gasteiger charge is -2.44. The van der Waals surface area contributed by atoms with Gasteiger partial charge in [-0.05, 0) is 45.4 Å². The number of carbonyl (C=O) groups is 2. The van der Waals surface area contributed by atoms with Gasteiger partial charge in [0.15, 0.2) is 5.79 Å². The number of amides is 2. The van der Waals surface area contributed by atoms with Gasteiger partial charge in [0.05, 0.1) is 12.1 Å². The summed E-state index contributed by atoms with van der Waals surface area (Å²) in [6.07, 6.45) is 11.4. The largest absolute Gasteiger partial charge is 0.364 e. The topological polar surface area (TPSA) is 87.7 Å². The van der Waals surface area contributed by atoms with Gasteiger partial charge in [0.1, 0.15) is 0 Å². The molecule has 26 heavy (non-hydrogen) atoms. The summed E-state index contributed by atoms with van der Waals surface area (Å²) in [5.41, 5.74) is 1.04. The zero-order valence-corrected chi connectivity index (χ0v) is 16.0. The Morgan fingerprint density at radius 3 is 2.85 bits per heavy atom. The fraction of sp³-hybridized carbons (Fsp3) is 0.684. The molecule has 2 saturated heterocycles. The molecule has 2 amide bonds. The van der Waals surface area contributed by atoms with Gasteiger partial charge in [-0.3, -0.25) is 9.59 Å². The molecule has 2 fully saturated rings. The summed E-state index contributed by atoms with van der Waals surface area (Å²) in [7, 11) is 0. The third-order valence-electron chi connectivity index (χ3n) is 5.17. The molecule has 0 aromatic carbocycles. The molecule has 7 heteroatoms. The van der Waals surface area contributed by atoms with E-state index < -0.39 is 11.8 Å². The highest BCUT2D eigenvalue weighted by atomic mass is 32.2. The number of carbonyl (C=O) groups excluding carboxylic acids is 2. The lowest BCUT2D eigenvalue weighted by atomic mass is 9.89. The zero-order valence-electron chi connectivity index (χ0n) is 15.2. The molecular weight excluding hydrogens is 352 g/mol. The van der Waals surface area contributed by atoms with E-state index in [4.69, 9.17) is 4.74 Å². The first-order chi connectivity index (χ1) is 12.4. The van der Waals surface area contributed by atoms with Crippen molar-refractivity contribution in [3.63, 3.8) is 0 Å². The van der Waals surface area contributed by atoms with Crippen LogP contribution in [0.5, 0.6) is 0 Å². The lowest BCUT2D eigenvalue weighted by molar-refractivity contribution is -0.269. The van der Waals surface area contributed by atoms with Gasteiger partial charge in [-0.25, -0.2) is 0 Å². The zero-order chi connectivity index (χ0) is 18.6. The van der Waals surface area contributed by atoms with E-state index in [1.54, 1.807) is 6.08 Å². The monoisotopic (exact) mass is 380 g/mol. The van der Waals surface area contributed by atoms with Crippen LogP contribution in [0.2, 0.25) is 0 Å². The first-order valence-corrected chi connectivity index (χ1v) is 10.4. The summed E-state index contributed by atoms with van der Waals surface area (Å²) in [5, 5.41) is 16.8. The molecule has 0 spiro atoms. The molecule has 4 atom stereocenters. The van der Waals surface area contributed by atoms with E-state index in [1.165, 1.54) is 0 Å². The second-order valence-electron chi connectivity index (χ2n) is 7.46. The Morgan fingerprint density at radius 1 is 1.27 bits per heavy atom. The van der Waals surface area contributed by atoms with Gasteiger partial charge in [0, 0.05) is 24.3 Å². The molecule has 0 radical (unpaired) electrons. The average molecular weight is 381 g/mol. The fourth-order valence-electron chi connectivity index (χ4n) is 3.83. The number of nitrogens with one attached hydrogen (secondary N) is 2. The molecule has 6 nitrogen and oxygen atoms in total. The second-order valence-corrected chi connectivity index (χ2v) is 8.45. The minimum atomic E-state index is -1.44. The van der Waals surface area contributed by atoms with Crippen LogP contribution in [0.4, 0.5) is 4.79 Å². The minimum absolute atomic E-state index is 0.124. The van der Waals surface area contributed by atoms with Crippen molar-refractivity contribution in [2.45, 2.75) is 75.8 Å². The SMILES string of the molecule is C/C1=C/C(=O)N[C@@H]2CC(CCC/C=C\CC1)O[C@@](O)([C@@H]1CSC(=O)N1)C2. The Morgan fingerprint density at radius 2 is 2.08 bits per heavy atom. The van der Waals surface area contributed by atoms with Gasteiger partial charge in [0.2, 0.25) is 5.91 Å². The third-order valence-corrected chi connectivity index (χ3v) is 6.05. The molecular formula is C19H28N2O4S. The van der Waals surface area contributed by atoms with Gasteiger partial charge >= 0.3 is 0 Å². The van der Waals surface area contributed by atoms with E-state index in [-0.39, 0.29) is 29.7 Å². The predicted molar refractivity (Wildman–Crippen MR) is 102 cm³/mol. The Bertz CT molecular complexity index is 606. The van der Waals surface area contributed by atoms with E-state index in [2.05, 4.69) is 22.8 Å². The van der Waals surface area contributed by atoms with Crippen molar-refractivity contribution in [1.82, 2.24) is 10.6 Å². The van der Waals surface area contributed by atoms with Gasteiger partial charge in [-0.15, -0.1) is 0 Å². The van der Waals surface area contributed by atoms with E-state index in [1.807, 2.05) is 6.92 Å². The summed E-state index contributed by atoms with van der Waals surface area (Å²) in [4.78, 5) is 23.9. The van der Waals surface area contributed by atoms with Crippen LogP contribution in [0.25, 0.3) is 0 Å². The van der Waals surface area contributed by atoms with Crippen LogP contribution in [-0.2, 0) is 9.53 Å². The maximum Gasteiger partial charge on any atom is 0.279 e. The minimum Gasteiger partial charge on any atom is -0.364 e. The highest BCUT2D eigenvalue weighted by Gasteiger charge is 2.48. The first-order valence-electron chi connectivity index (χ1n) is 9.41. The van der Waals surface area contributed by atoms with E-state index in [0.717, 1.165) is 49.4 Å². The van der Waals surface area contributed by atoms with E-state index in [0.29, 0.717) is 12.2 Å². The van der Waals surface area contributed by atoms with E-state index >= 15 is 0 Å². The Hall–Kier alpha value is -1.31. The molecule has 3 N–H and O–H groups in total. The number of ether oxygens (including phenoxy) is 1. The van der Waals surface area contributed by atoms with Crippen molar-refractivity contribution in [2.75, 3.05) is 5.75 Å². The highest BCUT2D eigenvalue weighted by Crippen LogP contribution is 2.35. The second kappa shape index (κ2) is 8.59. The highest BCUT2D eigenvalue weighted by molar-refractivity contribution is 8.14. The Kier molecular flexibility index (Phi) is 6.42. The molecule has 3 aliphatic heterocycles. The van der Waals surface area contributed by atoms with Crippen molar-refractivity contribution in [1.29, 1.82) is 0 Å². The van der Waals surface area contributed by atoms with Crippen molar-refractivity contribution in [3.8, 4) is 0 Å². The number of thioether (sulfide) groups is 1. The van der Waals surface area contributed by atoms with Crippen molar-refractivity contribution in [3.05, 3.63) is 23.8 Å². The number of allylic oxidation sites excluding steroid dienone is 3. The molecule has 0 saturated carbocycles. The van der Waals surface area contributed by atoms with Crippen LogP contribution in [0.3, 0.4) is 0 Å². The van der Waals surface area contributed by atoms with Crippen molar-refractivity contribution < 1.29 is 19.4 Å². The number of fused-ring (bicyclic) bond motifs is 2. The molecule has 144 valence electrons. The fourth-order valence-corrected chi connectivity index (χ4v) is 4.71. The maximum atomic E-state index is 12.3. The normalized spacial score (nSPS) is 39.9. The summed E-state index contributed by atoms with van der Waals surface area (Å²) < 4.78 is 6.03. The smallest absolute Gasteiger partial charge is 0.279 e. The average Bonchev–Trinajstić information content (AvgIpc) is 3.00. The molecule has 0 aliphatic carbocycles. The molecule has 3 heterocycles. The summed E-state index contributed by atoms with van der Waals surface area (Å²) in [6, 6.07) is -0.616. The number of hydrogen-bond acceptors (Lipinski definition) is 5. The van der Waals surface area contributed by atoms with Crippen LogP contribution in [0, 0.1) is 0 Å². The van der Waals surface area contributed by atoms with Crippen LogP contribution < -0.4 is 10.6 Å². The molecule has 3 aliphatic rings. The van der Waals surface area contributed by atoms with E-state index in [9.17, 15) is 14.7 Å². The lowest BCUT2D eigenvalue weighted by Crippen LogP contribution is -2.60. The Labute approximate surface area is 158 Å². The molecule has 0 aromatic rings. The van der Waals surface area contributed by atoms with Crippen molar-refractivity contribution in [2.24, 2.45) is 0 Å². The first kappa shape index (κ1) is 19.5. The van der Waals surface area contributed by atoms with Gasteiger partial charge in [-0.1, -0.05) is 29.5 Å². The van der Waals surface area contributed by atoms with Crippen LogP contribution in [-0.4, -0.2) is 46.0 Å². The Balaban J connectivity index is 1.76. The quantitative estimate of drug-likeness (QED) is 0.609. The molecule has 3 rings (SSSR count). The number of aliphatic hydroxyl groups is 1. The predicted octanol–water partition coefficient (Wildman–Crippen LogP) is 2.63.